The number of methoxy groups -OCH3 is 1. The Bertz CT molecular complexity index is 1060. The van der Waals surface area contributed by atoms with Gasteiger partial charge < -0.3 is 18.9 Å². The molecule has 1 fully saturated rings. The third kappa shape index (κ3) is 1.57. The number of ether oxygens (including phenoxy) is 4. The zero-order valence-electron chi connectivity index (χ0n) is 13.9. The third-order valence-corrected chi connectivity index (χ3v) is 5.34. The largest absolute Gasteiger partial charge is 0.496 e. The SMILES string of the molecule is COc1cccc2c1C(=O)C1OC1C21Oc2cccc3cccc(c23)O1. The van der Waals surface area contributed by atoms with Gasteiger partial charge in [0.15, 0.2) is 18.0 Å². The Morgan fingerprint density at radius 3 is 2.35 bits per heavy atom. The van der Waals surface area contributed by atoms with E-state index < -0.39 is 18.0 Å². The Kier molecular flexibility index (Phi) is 2.48. The highest BCUT2D eigenvalue weighted by Crippen LogP contribution is 2.55. The Morgan fingerprint density at radius 2 is 1.65 bits per heavy atom. The molecule has 6 rings (SSSR count). The number of carbonyl (C=O) groups is 1. The van der Waals surface area contributed by atoms with E-state index in [-0.39, 0.29) is 5.78 Å². The Balaban J connectivity index is 1.63. The molecule has 3 aliphatic rings. The van der Waals surface area contributed by atoms with Crippen molar-refractivity contribution in [2.75, 3.05) is 7.11 Å². The minimum Gasteiger partial charge on any atom is -0.496 e. The molecule has 3 aromatic rings. The molecule has 2 unspecified atom stereocenters. The van der Waals surface area contributed by atoms with Crippen LogP contribution >= 0.6 is 0 Å². The van der Waals surface area contributed by atoms with Gasteiger partial charge >= 0.3 is 5.79 Å². The first-order valence-electron chi connectivity index (χ1n) is 8.50. The molecule has 0 amide bonds. The van der Waals surface area contributed by atoms with Crippen LogP contribution in [0.3, 0.4) is 0 Å². The van der Waals surface area contributed by atoms with E-state index in [4.69, 9.17) is 18.9 Å². The highest BCUT2D eigenvalue weighted by molar-refractivity contribution is 6.07. The predicted octanol–water partition coefficient (Wildman–Crippen LogP) is 3.44. The summed E-state index contributed by atoms with van der Waals surface area (Å²) in [5.74, 6) is 0.677. The molecular formula is C21H14O5. The molecular weight excluding hydrogens is 332 g/mol. The maximum atomic E-state index is 12.8. The minimum atomic E-state index is -1.19. The summed E-state index contributed by atoms with van der Waals surface area (Å²) in [5.41, 5.74) is 1.12. The first-order valence-corrected chi connectivity index (χ1v) is 8.50. The number of fused-ring (bicyclic) bond motifs is 4. The quantitative estimate of drug-likeness (QED) is 0.632. The Morgan fingerprint density at radius 1 is 0.962 bits per heavy atom. The van der Waals surface area contributed by atoms with Crippen LogP contribution in [0, 0.1) is 0 Å². The minimum absolute atomic E-state index is 0.0858. The lowest BCUT2D eigenvalue weighted by molar-refractivity contribution is -0.145. The van der Waals surface area contributed by atoms with Crippen molar-refractivity contribution in [2.45, 2.75) is 18.0 Å². The van der Waals surface area contributed by atoms with Crippen LogP contribution in [-0.4, -0.2) is 25.1 Å². The van der Waals surface area contributed by atoms with E-state index in [0.717, 1.165) is 22.3 Å². The van der Waals surface area contributed by atoms with Gasteiger partial charge in [0.25, 0.3) is 0 Å². The molecule has 1 aliphatic carbocycles. The second-order valence-corrected chi connectivity index (χ2v) is 6.71. The van der Waals surface area contributed by atoms with Crippen LogP contribution in [0.5, 0.6) is 17.2 Å². The fourth-order valence-corrected chi connectivity index (χ4v) is 4.16. The van der Waals surface area contributed by atoms with Crippen LogP contribution in [0.4, 0.5) is 0 Å². The summed E-state index contributed by atoms with van der Waals surface area (Å²) in [6, 6.07) is 17.2. The van der Waals surface area contributed by atoms with Crippen LogP contribution in [-0.2, 0) is 10.5 Å². The Hall–Kier alpha value is -3.05. The number of hydrogen-bond acceptors (Lipinski definition) is 5. The van der Waals surface area contributed by atoms with E-state index in [0.29, 0.717) is 16.9 Å². The van der Waals surface area contributed by atoms with Gasteiger partial charge in [-0.05, 0) is 23.6 Å². The highest BCUT2D eigenvalue weighted by atomic mass is 16.8. The first-order chi connectivity index (χ1) is 12.7. The number of epoxide rings is 1. The van der Waals surface area contributed by atoms with Gasteiger partial charge in [0.05, 0.1) is 23.6 Å². The predicted molar refractivity (Wildman–Crippen MR) is 92.9 cm³/mol. The highest BCUT2D eigenvalue weighted by Gasteiger charge is 2.69. The molecule has 0 saturated carbocycles. The van der Waals surface area contributed by atoms with Gasteiger partial charge in [-0.1, -0.05) is 36.4 Å². The number of rotatable bonds is 1. The van der Waals surface area contributed by atoms with Crippen molar-refractivity contribution in [1.82, 2.24) is 0 Å². The monoisotopic (exact) mass is 346 g/mol. The molecule has 128 valence electrons. The fourth-order valence-electron chi connectivity index (χ4n) is 4.16. The molecule has 2 heterocycles. The lowest BCUT2D eigenvalue weighted by Gasteiger charge is -2.40. The van der Waals surface area contributed by atoms with Crippen LogP contribution in [0.1, 0.15) is 15.9 Å². The molecule has 0 radical (unpaired) electrons. The van der Waals surface area contributed by atoms with E-state index >= 15 is 0 Å². The summed E-state index contributed by atoms with van der Waals surface area (Å²) in [4.78, 5) is 12.8. The van der Waals surface area contributed by atoms with Crippen LogP contribution in [0.25, 0.3) is 10.8 Å². The molecule has 5 nitrogen and oxygen atoms in total. The van der Waals surface area contributed by atoms with Gasteiger partial charge in [-0.15, -0.1) is 0 Å². The van der Waals surface area contributed by atoms with Gasteiger partial charge in [0.2, 0.25) is 0 Å². The summed E-state index contributed by atoms with van der Waals surface area (Å²) < 4.78 is 24.0. The van der Waals surface area contributed by atoms with Crippen molar-refractivity contribution in [3.63, 3.8) is 0 Å². The molecule has 0 N–H and O–H groups in total. The summed E-state index contributed by atoms with van der Waals surface area (Å²) in [6.45, 7) is 0. The van der Waals surface area contributed by atoms with Gasteiger partial charge in [-0.25, -0.2) is 0 Å². The summed E-state index contributed by atoms with van der Waals surface area (Å²) in [7, 11) is 1.55. The molecule has 3 aromatic carbocycles. The molecule has 1 spiro atoms. The fraction of sp³-hybridized carbons (Fsp3) is 0.190. The summed E-state index contributed by atoms with van der Waals surface area (Å²) in [6.07, 6.45) is -1.04. The van der Waals surface area contributed by atoms with E-state index in [2.05, 4.69) is 0 Å². The molecule has 0 aromatic heterocycles. The molecule has 26 heavy (non-hydrogen) atoms. The second kappa shape index (κ2) is 4.56. The molecule has 5 heteroatoms. The molecule has 2 aliphatic heterocycles. The van der Waals surface area contributed by atoms with Crippen molar-refractivity contribution < 1.29 is 23.7 Å². The van der Waals surface area contributed by atoms with E-state index in [1.165, 1.54) is 0 Å². The van der Waals surface area contributed by atoms with Crippen LogP contribution in [0.2, 0.25) is 0 Å². The maximum Gasteiger partial charge on any atom is 0.308 e. The van der Waals surface area contributed by atoms with Crippen molar-refractivity contribution >= 4 is 16.6 Å². The number of hydrogen-bond donors (Lipinski definition) is 0. The lowest BCUT2D eigenvalue weighted by atomic mass is 9.84. The molecule has 0 bridgehead atoms. The van der Waals surface area contributed by atoms with Crippen LogP contribution in [0.15, 0.2) is 54.6 Å². The van der Waals surface area contributed by atoms with Crippen molar-refractivity contribution in [1.29, 1.82) is 0 Å². The number of Topliss-reactive ketones (excluding diaryl/α,β-unsaturated/α-hetero) is 1. The third-order valence-electron chi connectivity index (χ3n) is 5.34. The molecule has 2 atom stereocenters. The van der Waals surface area contributed by atoms with Crippen molar-refractivity contribution in [3.8, 4) is 17.2 Å². The number of ketones is 1. The van der Waals surface area contributed by atoms with E-state index in [1.807, 2.05) is 48.5 Å². The second-order valence-electron chi connectivity index (χ2n) is 6.71. The van der Waals surface area contributed by atoms with E-state index in [1.54, 1.807) is 13.2 Å². The smallest absolute Gasteiger partial charge is 0.308 e. The molecule has 1 saturated heterocycles. The van der Waals surface area contributed by atoms with Gasteiger partial charge in [-0.3, -0.25) is 4.79 Å². The Labute approximate surface area is 149 Å². The topological polar surface area (TPSA) is 57.3 Å². The summed E-state index contributed by atoms with van der Waals surface area (Å²) in [5, 5.41) is 1.97. The van der Waals surface area contributed by atoms with Gasteiger partial charge in [0, 0.05) is 0 Å². The van der Waals surface area contributed by atoms with E-state index in [9.17, 15) is 4.79 Å². The summed E-state index contributed by atoms with van der Waals surface area (Å²) >= 11 is 0. The van der Waals surface area contributed by atoms with Gasteiger partial charge in [0.1, 0.15) is 17.2 Å². The van der Waals surface area contributed by atoms with Crippen molar-refractivity contribution in [2.24, 2.45) is 0 Å². The maximum absolute atomic E-state index is 12.8. The zero-order valence-corrected chi connectivity index (χ0v) is 13.9. The first kappa shape index (κ1) is 14.2. The average molecular weight is 346 g/mol. The zero-order chi connectivity index (χ0) is 17.5. The lowest BCUT2D eigenvalue weighted by Crippen LogP contribution is -2.51. The van der Waals surface area contributed by atoms with Gasteiger partial charge in [-0.2, -0.15) is 0 Å². The number of carbonyl (C=O) groups excluding carboxylic acids is 1. The average Bonchev–Trinajstić information content (AvgIpc) is 3.48. The van der Waals surface area contributed by atoms with Crippen LogP contribution < -0.4 is 14.2 Å². The standard InChI is InChI=1S/C21H14O5/c1-23-13-8-4-7-12-17(13)18(22)19-20(24-19)21(12)25-14-9-2-5-11-6-3-10-15(26-21)16(11)14/h2-10,19-20H,1H3. The van der Waals surface area contributed by atoms with Crippen molar-refractivity contribution in [3.05, 3.63) is 65.7 Å². The number of benzene rings is 3. The normalized spacial score (nSPS) is 23.7.